The fraction of sp³-hybridized carbons (Fsp3) is 0.273. The molecule has 6 heteroatoms. The molecule has 140 valence electrons. The highest BCUT2D eigenvalue weighted by Gasteiger charge is 2.37. The minimum absolute atomic E-state index is 0.112. The van der Waals surface area contributed by atoms with Gasteiger partial charge in [-0.15, -0.1) is 0 Å². The van der Waals surface area contributed by atoms with Crippen molar-refractivity contribution in [1.29, 1.82) is 5.41 Å². The molecule has 0 bridgehead atoms. The molecule has 0 saturated heterocycles. The molecule has 3 aliphatic rings. The van der Waals surface area contributed by atoms with Gasteiger partial charge in [0.2, 0.25) is 5.17 Å². The lowest BCUT2D eigenvalue weighted by Crippen LogP contribution is -2.35. The summed E-state index contributed by atoms with van der Waals surface area (Å²) in [6.07, 6.45) is 7.76. The van der Waals surface area contributed by atoms with Crippen molar-refractivity contribution in [2.45, 2.75) is 32.1 Å². The Kier molecular flexibility index (Phi) is 4.36. The zero-order valence-corrected chi connectivity index (χ0v) is 16.2. The summed E-state index contributed by atoms with van der Waals surface area (Å²) in [5.41, 5.74) is 1.20. The van der Waals surface area contributed by atoms with E-state index < -0.39 is 0 Å². The van der Waals surface area contributed by atoms with Crippen LogP contribution in [-0.2, 0) is 4.79 Å². The number of rotatable bonds is 2. The average molecular weight is 388 g/mol. The number of hydrazone groups is 1. The molecule has 0 aromatic heterocycles. The van der Waals surface area contributed by atoms with E-state index in [1.165, 1.54) is 36.0 Å². The largest absolute Gasteiger partial charge is 0.283 e. The molecule has 2 aliphatic heterocycles. The normalized spacial score (nSPS) is 21.9. The molecule has 1 amide bonds. The van der Waals surface area contributed by atoms with Crippen LogP contribution < -0.4 is 0 Å². The number of aliphatic imine (C=N–C) groups is 1. The highest BCUT2D eigenvalue weighted by molar-refractivity contribution is 8.27. The highest BCUT2D eigenvalue weighted by Crippen LogP contribution is 2.36. The Morgan fingerprint density at radius 2 is 1.86 bits per heavy atom. The number of nitrogens with zero attached hydrogens (tertiary/aromatic N) is 3. The standard InChI is InChI=1S/C22H20N4OS/c23-19-18(13-16-11-6-10-14-7-4-5-12-17(14)16)20(27)24-22-26(19)25-21(28-22)15-8-2-1-3-9-15/h4-7,10-13,15,23H,1-3,8-9H2/b18-13-,23-19?. The van der Waals surface area contributed by atoms with Crippen LogP contribution in [0.15, 0.2) is 58.1 Å². The van der Waals surface area contributed by atoms with E-state index in [4.69, 9.17) is 5.41 Å². The van der Waals surface area contributed by atoms with Crippen molar-refractivity contribution < 1.29 is 4.79 Å². The van der Waals surface area contributed by atoms with Gasteiger partial charge in [-0.3, -0.25) is 10.2 Å². The van der Waals surface area contributed by atoms with Crippen LogP contribution in [-0.4, -0.2) is 27.0 Å². The summed E-state index contributed by atoms with van der Waals surface area (Å²) < 4.78 is 0. The third-order valence-electron chi connectivity index (χ3n) is 5.55. The van der Waals surface area contributed by atoms with E-state index in [9.17, 15) is 4.79 Å². The number of thioether (sulfide) groups is 1. The van der Waals surface area contributed by atoms with Crippen molar-refractivity contribution in [3.05, 3.63) is 53.6 Å². The summed E-state index contributed by atoms with van der Waals surface area (Å²) in [5.74, 6) is 0.179. The average Bonchev–Trinajstić information content (AvgIpc) is 3.16. The fourth-order valence-electron chi connectivity index (χ4n) is 4.05. The molecule has 1 fully saturated rings. The van der Waals surface area contributed by atoms with E-state index in [1.807, 2.05) is 42.5 Å². The van der Waals surface area contributed by atoms with E-state index in [-0.39, 0.29) is 17.3 Å². The van der Waals surface area contributed by atoms with Gasteiger partial charge in [-0.2, -0.15) is 15.1 Å². The summed E-state index contributed by atoms with van der Waals surface area (Å²) in [6, 6.07) is 14.0. The Morgan fingerprint density at radius 1 is 1.07 bits per heavy atom. The van der Waals surface area contributed by atoms with E-state index >= 15 is 0 Å². The number of carbonyl (C=O) groups is 1. The molecule has 2 aromatic rings. The quantitative estimate of drug-likeness (QED) is 0.733. The van der Waals surface area contributed by atoms with Crippen LogP contribution in [0.5, 0.6) is 0 Å². The van der Waals surface area contributed by atoms with Crippen LogP contribution in [0, 0.1) is 11.3 Å². The summed E-state index contributed by atoms with van der Waals surface area (Å²) in [6.45, 7) is 0. The van der Waals surface area contributed by atoms with Crippen molar-refractivity contribution in [2.75, 3.05) is 0 Å². The minimum Gasteiger partial charge on any atom is -0.282 e. The van der Waals surface area contributed by atoms with Crippen LogP contribution in [0.2, 0.25) is 0 Å². The molecular weight excluding hydrogens is 368 g/mol. The summed E-state index contributed by atoms with van der Waals surface area (Å²) >= 11 is 1.46. The first-order chi connectivity index (χ1) is 13.7. The van der Waals surface area contributed by atoms with Crippen molar-refractivity contribution in [3.8, 4) is 0 Å². The number of nitrogens with one attached hydrogen (secondary N) is 1. The van der Waals surface area contributed by atoms with Crippen LogP contribution in [0.4, 0.5) is 0 Å². The van der Waals surface area contributed by atoms with Crippen molar-refractivity contribution in [2.24, 2.45) is 16.0 Å². The fourth-order valence-corrected chi connectivity index (χ4v) is 5.11. The molecule has 28 heavy (non-hydrogen) atoms. The van der Waals surface area contributed by atoms with Gasteiger partial charge in [0.15, 0.2) is 5.84 Å². The molecule has 2 aromatic carbocycles. The molecule has 2 heterocycles. The van der Waals surface area contributed by atoms with Gasteiger partial charge in [-0.05, 0) is 47.0 Å². The van der Waals surface area contributed by atoms with Crippen molar-refractivity contribution in [1.82, 2.24) is 5.01 Å². The predicted octanol–water partition coefficient (Wildman–Crippen LogP) is 5.04. The monoisotopic (exact) mass is 388 g/mol. The van der Waals surface area contributed by atoms with Gasteiger partial charge in [0.1, 0.15) is 5.04 Å². The van der Waals surface area contributed by atoms with Crippen molar-refractivity contribution >= 4 is 50.6 Å². The predicted molar refractivity (Wildman–Crippen MR) is 116 cm³/mol. The van der Waals surface area contributed by atoms with Gasteiger partial charge in [0.05, 0.1) is 5.57 Å². The smallest absolute Gasteiger partial charge is 0.282 e. The lowest BCUT2D eigenvalue weighted by molar-refractivity contribution is -0.114. The maximum absolute atomic E-state index is 12.7. The molecular formula is C22H20N4OS. The topological polar surface area (TPSA) is 68.9 Å². The highest BCUT2D eigenvalue weighted by atomic mass is 32.2. The first kappa shape index (κ1) is 17.4. The van der Waals surface area contributed by atoms with Crippen LogP contribution in [0.1, 0.15) is 37.7 Å². The number of fused-ring (bicyclic) bond motifs is 2. The Morgan fingerprint density at radius 3 is 2.71 bits per heavy atom. The summed E-state index contributed by atoms with van der Waals surface area (Å²) in [5, 5.41) is 18.5. The Labute approximate surface area is 167 Å². The second-order valence-electron chi connectivity index (χ2n) is 7.36. The zero-order chi connectivity index (χ0) is 19.1. The van der Waals surface area contributed by atoms with E-state index in [0.29, 0.717) is 11.1 Å². The maximum atomic E-state index is 12.7. The van der Waals surface area contributed by atoms with E-state index in [0.717, 1.165) is 34.2 Å². The Bertz CT molecular complexity index is 1070. The SMILES string of the molecule is N=C1/C(=C/c2cccc3ccccc23)C(=O)N=C2SC(C3CCCCC3)=NN12. The maximum Gasteiger partial charge on any atom is 0.283 e. The second kappa shape index (κ2) is 7.02. The molecule has 0 spiro atoms. The first-order valence-corrected chi connectivity index (χ1v) is 10.5. The Balaban J connectivity index is 1.51. The van der Waals surface area contributed by atoms with Crippen LogP contribution in [0.25, 0.3) is 16.8 Å². The lowest BCUT2D eigenvalue weighted by Gasteiger charge is -2.20. The van der Waals surface area contributed by atoms with Crippen LogP contribution in [0.3, 0.4) is 0 Å². The molecule has 0 unspecified atom stereocenters. The van der Waals surface area contributed by atoms with Gasteiger partial charge in [0, 0.05) is 5.92 Å². The third-order valence-corrected chi connectivity index (χ3v) is 6.62. The minimum atomic E-state index is -0.364. The van der Waals surface area contributed by atoms with Gasteiger partial charge in [-0.1, -0.05) is 61.7 Å². The summed E-state index contributed by atoms with van der Waals surface area (Å²) in [7, 11) is 0. The number of hydrogen-bond donors (Lipinski definition) is 1. The molecule has 1 aliphatic carbocycles. The van der Waals surface area contributed by atoms with Gasteiger partial charge in [-0.25, -0.2) is 0 Å². The summed E-state index contributed by atoms with van der Waals surface area (Å²) in [4.78, 5) is 16.9. The number of amidine groups is 2. The zero-order valence-electron chi connectivity index (χ0n) is 15.4. The second-order valence-corrected chi connectivity index (χ2v) is 8.35. The number of carbonyl (C=O) groups excluding carboxylic acids is 1. The first-order valence-electron chi connectivity index (χ1n) is 9.68. The molecule has 0 radical (unpaired) electrons. The molecule has 5 rings (SSSR count). The molecule has 1 saturated carbocycles. The third kappa shape index (κ3) is 2.98. The lowest BCUT2D eigenvalue weighted by atomic mass is 9.90. The van der Waals surface area contributed by atoms with Gasteiger partial charge in [0.25, 0.3) is 5.91 Å². The van der Waals surface area contributed by atoms with Gasteiger partial charge < -0.3 is 0 Å². The van der Waals surface area contributed by atoms with Crippen LogP contribution >= 0.6 is 11.8 Å². The van der Waals surface area contributed by atoms with Crippen molar-refractivity contribution in [3.63, 3.8) is 0 Å². The van der Waals surface area contributed by atoms with Gasteiger partial charge >= 0.3 is 0 Å². The van der Waals surface area contributed by atoms with E-state index in [1.54, 1.807) is 6.08 Å². The molecule has 0 atom stereocenters. The molecule has 1 N–H and O–H groups in total. The Hall–Kier alpha value is -2.73. The molecule has 5 nitrogen and oxygen atoms in total. The number of amides is 1. The number of benzene rings is 2. The van der Waals surface area contributed by atoms with E-state index in [2.05, 4.69) is 10.1 Å². The number of hydrogen-bond acceptors (Lipinski definition) is 4.